The van der Waals surface area contributed by atoms with Gasteiger partial charge in [0.25, 0.3) is 11.5 Å². The molecule has 4 rings (SSSR count). The van der Waals surface area contributed by atoms with E-state index < -0.39 is 0 Å². The fourth-order valence-corrected chi connectivity index (χ4v) is 3.89. The molecule has 0 saturated carbocycles. The van der Waals surface area contributed by atoms with Gasteiger partial charge in [0.2, 0.25) is 0 Å². The van der Waals surface area contributed by atoms with Gasteiger partial charge in [-0.2, -0.15) is 5.10 Å². The van der Waals surface area contributed by atoms with Gasteiger partial charge in [-0.3, -0.25) is 14.2 Å². The Labute approximate surface area is 182 Å². The van der Waals surface area contributed by atoms with E-state index in [1.807, 2.05) is 56.3 Å². The van der Waals surface area contributed by atoms with Crippen molar-refractivity contribution in [3.63, 3.8) is 0 Å². The Kier molecular flexibility index (Phi) is 5.99. The van der Waals surface area contributed by atoms with Crippen molar-refractivity contribution in [2.45, 2.75) is 19.0 Å². The number of nitrogens with zero attached hydrogens (tertiary/aromatic N) is 3. The molecule has 156 valence electrons. The normalized spacial score (nSPS) is 11.3. The van der Waals surface area contributed by atoms with Gasteiger partial charge in [0.1, 0.15) is 11.5 Å². The second kappa shape index (κ2) is 9.01. The molecule has 0 aliphatic carbocycles. The van der Waals surface area contributed by atoms with Gasteiger partial charge in [-0.05, 0) is 49.7 Å². The third-order valence-electron chi connectivity index (χ3n) is 4.58. The van der Waals surface area contributed by atoms with E-state index in [-0.39, 0.29) is 17.2 Å². The smallest absolute Gasteiger partial charge is 0.266 e. The monoisotopic (exact) mass is 432 g/mol. The van der Waals surface area contributed by atoms with Crippen LogP contribution in [-0.2, 0) is 4.79 Å². The van der Waals surface area contributed by atoms with Crippen molar-refractivity contribution in [2.75, 3.05) is 5.75 Å². The van der Waals surface area contributed by atoms with E-state index in [4.69, 9.17) is 4.42 Å². The highest BCUT2D eigenvalue weighted by Gasteiger charge is 2.15. The summed E-state index contributed by atoms with van der Waals surface area (Å²) in [4.78, 5) is 30.2. The minimum Gasteiger partial charge on any atom is -0.460 e. The van der Waals surface area contributed by atoms with Crippen molar-refractivity contribution in [2.24, 2.45) is 5.10 Å². The number of hydrogen-bond donors (Lipinski definition) is 1. The number of thioether (sulfide) groups is 1. The Balaban J connectivity index is 1.60. The Morgan fingerprint density at radius 1 is 1.13 bits per heavy atom. The zero-order chi connectivity index (χ0) is 21.8. The molecule has 0 aliphatic rings. The van der Waals surface area contributed by atoms with Crippen LogP contribution in [0.5, 0.6) is 0 Å². The molecular formula is C23H20N4O3S. The van der Waals surface area contributed by atoms with Crippen LogP contribution in [0.3, 0.4) is 0 Å². The van der Waals surface area contributed by atoms with Gasteiger partial charge in [0, 0.05) is 0 Å². The largest absolute Gasteiger partial charge is 0.460 e. The lowest BCUT2D eigenvalue weighted by Crippen LogP contribution is -2.24. The van der Waals surface area contributed by atoms with E-state index in [0.29, 0.717) is 21.8 Å². The molecule has 4 aromatic rings. The standard InChI is InChI=1S/C23H20N4O3S/c1-15-7-3-6-10-20(15)27-22(29)18-8-4-5-9-19(18)25-23(27)31-14-21(28)26-24-13-17-12-11-16(2)30-17/h3-13H,14H2,1-2H3,(H,26,28)/b24-13-. The molecule has 31 heavy (non-hydrogen) atoms. The van der Waals surface area contributed by atoms with Crippen LogP contribution in [0.15, 0.2) is 80.1 Å². The van der Waals surface area contributed by atoms with Gasteiger partial charge in [0.05, 0.1) is 28.6 Å². The number of hydrazone groups is 1. The molecule has 1 amide bonds. The van der Waals surface area contributed by atoms with Gasteiger partial charge in [-0.15, -0.1) is 0 Å². The summed E-state index contributed by atoms with van der Waals surface area (Å²) in [5.41, 5.74) is 4.56. The van der Waals surface area contributed by atoms with Gasteiger partial charge >= 0.3 is 0 Å². The minimum absolute atomic E-state index is 0.0468. The number of carbonyl (C=O) groups excluding carboxylic acids is 1. The number of rotatable bonds is 6. The molecule has 2 heterocycles. The molecular weight excluding hydrogens is 412 g/mol. The van der Waals surface area contributed by atoms with E-state index in [1.165, 1.54) is 18.0 Å². The minimum atomic E-state index is -0.316. The number of amides is 1. The van der Waals surface area contributed by atoms with Crippen LogP contribution in [0.1, 0.15) is 17.1 Å². The Bertz CT molecular complexity index is 1340. The van der Waals surface area contributed by atoms with Gasteiger partial charge in [-0.25, -0.2) is 10.4 Å². The summed E-state index contributed by atoms with van der Waals surface area (Å²) < 4.78 is 6.93. The van der Waals surface area contributed by atoms with Crippen molar-refractivity contribution in [1.29, 1.82) is 0 Å². The first-order chi connectivity index (χ1) is 15.0. The zero-order valence-corrected chi connectivity index (χ0v) is 17.8. The highest BCUT2D eigenvalue weighted by atomic mass is 32.2. The Morgan fingerprint density at radius 3 is 2.68 bits per heavy atom. The van der Waals surface area contributed by atoms with Crippen LogP contribution in [0.25, 0.3) is 16.6 Å². The molecule has 7 nitrogen and oxygen atoms in total. The number of aryl methyl sites for hydroxylation is 2. The Hall–Kier alpha value is -3.65. The average Bonchev–Trinajstić information content (AvgIpc) is 3.18. The van der Waals surface area contributed by atoms with E-state index in [1.54, 1.807) is 22.8 Å². The number of fused-ring (bicyclic) bond motifs is 1. The molecule has 0 radical (unpaired) electrons. The van der Waals surface area contributed by atoms with E-state index in [2.05, 4.69) is 15.5 Å². The summed E-state index contributed by atoms with van der Waals surface area (Å²) in [5.74, 6) is 1.05. The van der Waals surface area contributed by atoms with Gasteiger partial charge in [-0.1, -0.05) is 42.1 Å². The molecule has 0 aliphatic heterocycles. The second-order valence-corrected chi connectivity index (χ2v) is 7.81. The lowest BCUT2D eigenvalue weighted by molar-refractivity contribution is -0.118. The van der Waals surface area contributed by atoms with Crippen LogP contribution in [0.4, 0.5) is 0 Å². The number of nitrogens with one attached hydrogen (secondary N) is 1. The summed E-state index contributed by atoms with van der Waals surface area (Å²) >= 11 is 1.18. The highest BCUT2D eigenvalue weighted by molar-refractivity contribution is 7.99. The number of benzene rings is 2. The number of hydrogen-bond acceptors (Lipinski definition) is 6. The maximum Gasteiger partial charge on any atom is 0.266 e. The van der Waals surface area contributed by atoms with Crippen LogP contribution in [0.2, 0.25) is 0 Å². The highest BCUT2D eigenvalue weighted by Crippen LogP contribution is 2.23. The topological polar surface area (TPSA) is 89.5 Å². The molecule has 2 aromatic carbocycles. The van der Waals surface area contributed by atoms with Crippen molar-refractivity contribution >= 4 is 34.8 Å². The Morgan fingerprint density at radius 2 is 1.90 bits per heavy atom. The number of para-hydroxylation sites is 2. The molecule has 0 saturated heterocycles. The fourth-order valence-electron chi connectivity index (χ4n) is 3.09. The number of aromatic nitrogens is 2. The summed E-state index contributed by atoms with van der Waals surface area (Å²) in [7, 11) is 0. The molecule has 0 bridgehead atoms. The maximum atomic E-state index is 13.3. The third-order valence-corrected chi connectivity index (χ3v) is 5.51. The van der Waals surface area contributed by atoms with E-state index in [0.717, 1.165) is 17.0 Å². The summed E-state index contributed by atoms with van der Waals surface area (Å²) in [6.07, 6.45) is 1.44. The van der Waals surface area contributed by atoms with Crippen molar-refractivity contribution < 1.29 is 9.21 Å². The summed E-state index contributed by atoms with van der Waals surface area (Å²) in [5, 5.41) is 4.88. The lowest BCUT2D eigenvalue weighted by Gasteiger charge is -2.14. The quantitative estimate of drug-likeness (QED) is 0.216. The van der Waals surface area contributed by atoms with Gasteiger partial charge in [0.15, 0.2) is 5.16 Å². The van der Waals surface area contributed by atoms with E-state index in [9.17, 15) is 9.59 Å². The first-order valence-electron chi connectivity index (χ1n) is 9.62. The van der Waals surface area contributed by atoms with Crippen LogP contribution >= 0.6 is 11.8 Å². The van der Waals surface area contributed by atoms with Crippen molar-refractivity contribution in [1.82, 2.24) is 15.0 Å². The molecule has 0 atom stereocenters. The molecule has 0 spiro atoms. The van der Waals surface area contributed by atoms with Crippen molar-refractivity contribution in [3.05, 3.63) is 88.1 Å². The molecule has 1 N–H and O–H groups in total. The predicted molar refractivity (Wildman–Crippen MR) is 122 cm³/mol. The van der Waals surface area contributed by atoms with Crippen LogP contribution in [-0.4, -0.2) is 27.4 Å². The fraction of sp³-hybridized carbons (Fsp3) is 0.130. The average molecular weight is 433 g/mol. The SMILES string of the molecule is Cc1ccc(/C=N\NC(=O)CSc2nc3ccccc3c(=O)n2-c2ccccc2C)o1. The molecule has 2 aromatic heterocycles. The van der Waals surface area contributed by atoms with E-state index >= 15 is 0 Å². The number of furan rings is 1. The number of carbonyl (C=O) groups is 1. The van der Waals surface area contributed by atoms with Crippen LogP contribution < -0.4 is 11.0 Å². The molecule has 8 heteroatoms. The maximum absolute atomic E-state index is 13.3. The lowest BCUT2D eigenvalue weighted by atomic mass is 10.2. The first kappa shape index (κ1) is 20.6. The molecule has 0 fully saturated rings. The summed E-state index contributed by atoms with van der Waals surface area (Å²) in [6.45, 7) is 3.76. The van der Waals surface area contributed by atoms with Crippen LogP contribution in [0, 0.1) is 13.8 Å². The predicted octanol–water partition coefficient (Wildman–Crippen LogP) is 3.84. The summed E-state index contributed by atoms with van der Waals surface area (Å²) in [6, 6.07) is 18.4. The molecule has 0 unspecified atom stereocenters. The first-order valence-corrected chi connectivity index (χ1v) is 10.6. The second-order valence-electron chi connectivity index (χ2n) is 6.87. The van der Waals surface area contributed by atoms with Gasteiger partial charge < -0.3 is 4.42 Å². The third kappa shape index (κ3) is 4.59. The van der Waals surface area contributed by atoms with Crippen molar-refractivity contribution in [3.8, 4) is 5.69 Å². The zero-order valence-electron chi connectivity index (χ0n) is 17.0.